The van der Waals surface area contributed by atoms with Gasteiger partial charge in [0.2, 0.25) is 21.8 Å². The van der Waals surface area contributed by atoms with Crippen molar-refractivity contribution in [2.45, 2.75) is 31.3 Å². The molecular weight excluding hydrogens is 336 g/mol. The standard InChI is InChI=1S/C14H18N4O5S/c1-9-14(10(2)23-17-9)24(19,20)18-5-4-11(8-18)22-13-7-15-6-12(16-13)21-3/h6-7,11H,4-5,8H2,1-3H3. The lowest BCUT2D eigenvalue weighted by atomic mass is 10.3. The first-order valence-electron chi connectivity index (χ1n) is 7.37. The minimum atomic E-state index is -3.66. The van der Waals surface area contributed by atoms with E-state index in [4.69, 9.17) is 14.0 Å². The van der Waals surface area contributed by atoms with E-state index in [9.17, 15) is 8.42 Å². The predicted molar refractivity (Wildman–Crippen MR) is 82.4 cm³/mol. The van der Waals surface area contributed by atoms with Gasteiger partial charge in [0.05, 0.1) is 26.0 Å². The molecule has 1 fully saturated rings. The first-order chi connectivity index (χ1) is 11.4. The van der Waals surface area contributed by atoms with Gasteiger partial charge in [0.15, 0.2) is 5.76 Å². The Kier molecular flexibility index (Phi) is 4.41. The summed E-state index contributed by atoms with van der Waals surface area (Å²) >= 11 is 0. The van der Waals surface area contributed by atoms with Crippen LogP contribution in [0.3, 0.4) is 0 Å². The largest absolute Gasteiger partial charge is 0.480 e. The lowest BCUT2D eigenvalue weighted by Crippen LogP contribution is -2.31. The second-order valence-electron chi connectivity index (χ2n) is 5.44. The van der Waals surface area contributed by atoms with Gasteiger partial charge in [-0.1, -0.05) is 5.16 Å². The van der Waals surface area contributed by atoms with Crippen molar-refractivity contribution in [2.24, 2.45) is 0 Å². The maximum atomic E-state index is 12.8. The fraction of sp³-hybridized carbons (Fsp3) is 0.500. The smallest absolute Gasteiger partial charge is 0.248 e. The van der Waals surface area contributed by atoms with Crippen LogP contribution >= 0.6 is 0 Å². The molecule has 1 unspecified atom stereocenters. The number of nitrogens with zero attached hydrogens (tertiary/aromatic N) is 4. The molecule has 0 spiro atoms. The highest BCUT2D eigenvalue weighted by Gasteiger charge is 2.37. The molecule has 2 aromatic rings. The summed E-state index contributed by atoms with van der Waals surface area (Å²) in [6.45, 7) is 3.78. The normalized spacial score (nSPS) is 18.7. The Morgan fingerprint density at radius 3 is 2.71 bits per heavy atom. The van der Waals surface area contributed by atoms with Crippen LogP contribution in [-0.4, -0.2) is 54.2 Å². The van der Waals surface area contributed by atoms with Crippen molar-refractivity contribution in [3.63, 3.8) is 0 Å². The van der Waals surface area contributed by atoms with Crippen LogP contribution in [0.1, 0.15) is 17.9 Å². The predicted octanol–water partition coefficient (Wildman–Crippen LogP) is 0.932. The third-order valence-corrected chi connectivity index (χ3v) is 5.87. The minimum absolute atomic E-state index is 0.129. The van der Waals surface area contributed by atoms with Crippen LogP contribution < -0.4 is 9.47 Å². The molecule has 3 rings (SSSR count). The molecule has 1 aliphatic heterocycles. The SMILES string of the molecule is COc1cncc(OC2CCN(S(=O)(=O)c3c(C)noc3C)C2)n1. The molecule has 0 saturated carbocycles. The number of sulfonamides is 1. The monoisotopic (exact) mass is 354 g/mol. The molecule has 0 aliphatic carbocycles. The summed E-state index contributed by atoms with van der Waals surface area (Å²) in [7, 11) is -2.17. The van der Waals surface area contributed by atoms with Gasteiger partial charge in [-0.25, -0.2) is 8.42 Å². The Morgan fingerprint density at radius 2 is 2.04 bits per heavy atom. The molecule has 0 N–H and O–H groups in total. The van der Waals surface area contributed by atoms with Gasteiger partial charge in [0.1, 0.15) is 16.7 Å². The molecule has 1 atom stereocenters. The maximum Gasteiger partial charge on any atom is 0.248 e. The van der Waals surface area contributed by atoms with Crippen LogP contribution in [0.5, 0.6) is 11.8 Å². The van der Waals surface area contributed by atoms with Gasteiger partial charge in [0.25, 0.3) is 0 Å². The van der Waals surface area contributed by atoms with Crippen molar-refractivity contribution in [1.29, 1.82) is 0 Å². The number of methoxy groups -OCH3 is 1. The van der Waals surface area contributed by atoms with E-state index in [1.165, 1.54) is 23.8 Å². The second-order valence-corrected chi connectivity index (χ2v) is 7.32. The lowest BCUT2D eigenvalue weighted by Gasteiger charge is -2.16. The molecule has 24 heavy (non-hydrogen) atoms. The quantitative estimate of drug-likeness (QED) is 0.780. The topological polar surface area (TPSA) is 108 Å². The van der Waals surface area contributed by atoms with E-state index in [2.05, 4.69) is 15.1 Å². The molecule has 3 heterocycles. The first-order valence-corrected chi connectivity index (χ1v) is 8.81. The Hall–Kier alpha value is -2.20. The minimum Gasteiger partial charge on any atom is -0.480 e. The van der Waals surface area contributed by atoms with Crippen molar-refractivity contribution in [3.05, 3.63) is 23.8 Å². The molecule has 130 valence electrons. The fourth-order valence-electron chi connectivity index (χ4n) is 2.64. The van der Waals surface area contributed by atoms with Crippen LogP contribution in [0.2, 0.25) is 0 Å². The summed E-state index contributed by atoms with van der Waals surface area (Å²) in [6, 6.07) is 0. The van der Waals surface area contributed by atoms with E-state index >= 15 is 0 Å². The number of hydrogen-bond donors (Lipinski definition) is 0. The van der Waals surface area contributed by atoms with E-state index in [1.54, 1.807) is 13.8 Å². The van der Waals surface area contributed by atoms with Gasteiger partial charge in [-0.2, -0.15) is 9.29 Å². The van der Waals surface area contributed by atoms with E-state index in [1.807, 2.05) is 0 Å². The first kappa shape index (κ1) is 16.7. The average Bonchev–Trinajstić information content (AvgIpc) is 3.15. The number of hydrogen-bond acceptors (Lipinski definition) is 8. The van der Waals surface area contributed by atoms with Gasteiger partial charge in [0, 0.05) is 6.54 Å². The maximum absolute atomic E-state index is 12.8. The molecule has 0 amide bonds. The molecule has 0 radical (unpaired) electrons. The summed E-state index contributed by atoms with van der Waals surface area (Å²) < 4.78 is 42.6. The number of aryl methyl sites for hydroxylation is 2. The lowest BCUT2D eigenvalue weighted by molar-refractivity contribution is 0.203. The molecule has 1 saturated heterocycles. The van der Waals surface area contributed by atoms with Crippen LogP contribution in [-0.2, 0) is 10.0 Å². The average molecular weight is 354 g/mol. The number of ether oxygens (including phenoxy) is 2. The van der Waals surface area contributed by atoms with Crippen LogP contribution in [0.25, 0.3) is 0 Å². The summed E-state index contributed by atoms with van der Waals surface area (Å²) in [4.78, 5) is 8.21. The molecule has 9 nitrogen and oxygen atoms in total. The molecular formula is C14H18N4O5S. The van der Waals surface area contributed by atoms with Gasteiger partial charge in [-0.15, -0.1) is 0 Å². The van der Waals surface area contributed by atoms with Gasteiger partial charge in [-0.3, -0.25) is 4.98 Å². The zero-order valence-electron chi connectivity index (χ0n) is 13.6. The van der Waals surface area contributed by atoms with E-state index in [0.717, 1.165) is 0 Å². The summed E-state index contributed by atoms with van der Waals surface area (Å²) in [6.07, 6.45) is 3.19. The van der Waals surface area contributed by atoms with Gasteiger partial charge in [-0.05, 0) is 20.3 Å². The zero-order valence-corrected chi connectivity index (χ0v) is 14.4. The molecule has 2 aromatic heterocycles. The Balaban J connectivity index is 1.73. The van der Waals surface area contributed by atoms with Crippen molar-refractivity contribution in [2.75, 3.05) is 20.2 Å². The fourth-order valence-corrected chi connectivity index (χ4v) is 4.42. The van der Waals surface area contributed by atoms with Crippen LogP contribution in [0.15, 0.2) is 21.8 Å². The highest BCUT2D eigenvalue weighted by Crippen LogP contribution is 2.27. The number of rotatable bonds is 5. The third kappa shape index (κ3) is 3.06. The van der Waals surface area contributed by atoms with Crippen molar-refractivity contribution >= 4 is 10.0 Å². The van der Waals surface area contributed by atoms with Crippen molar-refractivity contribution in [1.82, 2.24) is 19.4 Å². The van der Waals surface area contributed by atoms with Gasteiger partial charge >= 0.3 is 0 Å². The van der Waals surface area contributed by atoms with Gasteiger partial charge < -0.3 is 14.0 Å². The Bertz CT molecular complexity index is 816. The van der Waals surface area contributed by atoms with Crippen molar-refractivity contribution in [3.8, 4) is 11.8 Å². The third-order valence-electron chi connectivity index (χ3n) is 3.76. The Morgan fingerprint density at radius 1 is 1.29 bits per heavy atom. The van der Waals surface area contributed by atoms with Crippen LogP contribution in [0, 0.1) is 13.8 Å². The number of aromatic nitrogens is 3. The van der Waals surface area contributed by atoms with E-state index in [-0.39, 0.29) is 23.3 Å². The molecule has 0 bridgehead atoms. The summed E-state index contributed by atoms with van der Waals surface area (Å²) in [5, 5.41) is 3.72. The molecule has 0 aromatic carbocycles. The summed E-state index contributed by atoms with van der Waals surface area (Å²) in [5.41, 5.74) is 0.357. The summed E-state index contributed by atoms with van der Waals surface area (Å²) in [5.74, 6) is 0.928. The second kappa shape index (κ2) is 6.36. The molecule has 10 heteroatoms. The van der Waals surface area contributed by atoms with Crippen LogP contribution in [0.4, 0.5) is 0 Å². The highest BCUT2D eigenvalue weighted by molar-refractivity contribution is 7.89. The van der Waals surface area contributed by atoms with E-state index in [0.29, 0.717) is 30.4 Å². The Labute approximate surface area is 139 Å². The van der Waals surface area contributed by atoms with E-state index < -0.39 is 10.0 Å². The molecule has 1 aliphatic rings. The zero-order chi connectivity index (χ0) is 17.3. The van der Waals surface area contributed by atoms with Crippen molar-refractivity contribution < 1.29 is 22.4 Å². The highest BCUT2D eigenvalue weighted by atomic mass is 32.2.